The number of piperazine rings is 1. The smallest absolute Gasteiger partial charge is 0.303 e. The molecule has 3 saturated heterocycles. The van der Waals surface area contributed by atoms with Gasteiger partial charge in [-0.15, -0.1) is 0 Å². The molecule has 0 aromatic heterocycles. The Hall–Kier alpha value is -4.09. The average Bonchev–Trinajstić information content (AvgIpc) is 3.79. The molecule has 2 amide bonds. The summed E-state index contributed by atoms with van der Waals surface area (Å²) in [4.78, 5) is 42.7. The molecule has 0 bridgehead atoms. The number of rotatable bonds is 13. The zero-order valence-corrected chi connectivity index (χ0v) is 25.3. The maximum absolute atomic E-state index is 14.1. The maximum atomic E-state index is 14.1. The van der Waals surface area contributed by atoms with E-state index in [4.69, 9.17) is 4.74 Å². The second-order valence-electron chi connectivity index (χ2n) is 11.3. The molecule has 232 valence electrons. The minimum Gasteiger partial charge on any atom is -0.481 e. The monoisotopic (exact) mass is 599 g/mol. The topological polar surface area (TPSA) is 109 Å². The van der Waals surface area contributed by atoms with Crippen LogP contribution < -0.4 is 5.32 Å². The van der Waals surface area contributed by atoms with Crippen molar-refractivity contribution in [1.29, 1.82) is 0 Å². The number of hydrogen-bond acceptors (Lipinski definition) is 7. The van der Waals surface area contributed by atoms with Gasteiger partial charge in [-0.05, 0) is 30.0 Å². The number of ether oxygens (including phenoxy) is 1. The largest absolute Gasteiger partial charge is 0.481 e. The molecular formula is C34H41N5O5. The first kappa shape index (κ1) is 31.3. The molecular weight excluding hydrogens is 558 g/mol. The first-order chi connectivity index (χ1) is 21.3. The number of nitrogens with one attached hydrogen (secondary N) is 1. The number of hydrazine groups is 1. The van der Waals surface area contributed by atoms with Gasteiger partial charge in [-0.3, -0.25) is 19.7 Å². The molecule has 10 nitrogen and oxygen atoms in total. The van der Waals surface area contributed by atoms with Crippen LogP contribution in [-0.2, 0) is 25.7 Å². The van der Waals surface area contributed by atoms with E-state index in [1.165, 1.54) is 0 Å². The Kier molecular flexibility index (Phi) is 10.1. The second-order valence-corrected chi connectivity index (χ2v) is 11.3. The Morgan fingerprint density at radius 1 is 1.14 bits per heavy atom. The lowest BCUT2D eigenvalue weighted by Gasteiger charge is -2.54. The van der Waals surface area contributed by atoms with Crippen molar-refractivity contribution in [1.82, 2.24) is 25.1 Å². The number of likely N-dealkylation sites (N-methyl/N-ethyl adjacent to an activating group) is 1. The van der Waals surface area contributed by atoms with Gasteiger partial charge < -0.3 is 19.6 Å². The van der Waals surface area contributed by atoms with Crippen molar-refractivity contribution in [2.75, 3.05) is 26.7 Å². The average molecular weight is 600 g/mol. The fourth-order valence-electron chi connectivity index (χ4n) is 6.27. The maximum Gasteiger partial charge on any atom is 0.303 e. The lowest BCUT2D eigenvalue weighted by Crippen LogP contribution is -2.75. The number of carbonyl (C=O) groups is 3. The molecule has 3 aliphatic rings. The molecule has 2 N–H and O–H groups in total. The van der Waals surface area contributed by atoms with Crippen LogP contribution in [0.1, 0.15) is 36.8 Å². The highest BCUT2D eigenvalue weighted by Crippen LogP contribution is 2.36. The summed E-state index contributed by atoms with van der Waals surface area (Å²) in [6.45, 7) is 7.10. The lowest BCUT2D eigenvalue weighted by molar-refractivity contribution is -0.208. The van der Waals surface area contributed by atoms with Crippen LogP contribution in [0.3, 0.4) is 0 Å². The zero-order chi connectivity index (χ0) is 31.2. The molecule has 10 heteroatoms. The van der Waals surface area contributed by atoms with Crippen molar-refractivity contribution in [2.45, 2.75) is 56.9 Å². The minimum atomic E-state index is -1.01. The van der Waals surface area contributed by atoms with Crippen LogP contribution in [-0.4, -0.2) is 94.1 Å². The highest BCUT2D eigenvalue weighted by atomic mass is 16.6. The van der Waals surface area contributed by atoms with Crippen LogP contribution in [0.2, 0.25) is 0 Å². The van der Waals surface area contributed by atoms with Crippen molar-refractivity contribution in [3.63, 3.8) is 0 Å². The van der Waals surface area contributed by atoms with Crippen LogP contribution >= 0.6 is 0 Å². The van der Waals surface area contributed by atoms with E-state index in [-0.39, 0.29) is 56.1 Å². The molecule has 5 atom stereocenters. The number of allylic oxidation sites excluding steroid dienone is 4. The van der Waals surface area contributed by atoms with Gasteiger partial charge in [-0.25, -0.2) is 5.01 Å². The normalized spacial score (nSPS) is 25.3. The number of carbonyl (C=O) groups excluding carboxylic acids is 2. The Balaban J connectivity index is 1.44. The minimum absolute atomic E-state index is 0.0362. The summed E-state index contributed by atoms with van der Waals surface area (Å²) in [5.74, 6) is -1.58. The van der Waals surface area contributed by atoms with Gasteiger partial charge in [0.25, 0.3) is 0 Å². The highest BCUT2D eigenvalue weighted by Gasteiger charge is 2.56. The van der Waals surface area contributed by atoms with E-state index in [0.29, 0.717) is 13.1 Å². The Morgan fingerprint density at radius 3 is 2.50 bits per heavy atom. The summed E-state index contributed by atoms with van der Waals surface area (Å²) in [5.41, 5.74) is 3.21. The molecule has 0 saturated carbocycles. The van der Waals surface area contributed by atoms with Crippen molar-refractivity contribution >= 4 is 17.8 Å². The molecule has 2 aromatic rings. The van der Waals surface area contributed by atoms with Gasteiger partial charge >= 0.3 is 5.97 Å². The van der Waals surface area contributed by atoms with Crippen LogP contribution in [0.5, 0.6) is 0 Å². The van der Waals surface area contributed by atoms with E-state index in [1.54, 1.807) is 15.9 Å². The molecule has 44 heavy (non-hydrogen) atoms. The number of nitrogens with zero attached hydrogens (tertiary/aromatic N) is 4. The number of benzene rings is 2. The fourth-order valence-corrected chi connectivity index (χ4v) is 6.27. The van der Waals surface area contributed by atoms with E-state index in [2.05, 4.69) is 11.9 Å². The quantitative estimate of drug-likeness (QED) is 0.267. The predicted molar refractivity (Wildman–Crippen MR) is 167 cm³/mol. The van der Waals surface area contributed by atoms with Gasteiger partial charge in [0, 0.05) is 32.5 Å². The van der Waals surface area contributed by atoms with Gasteiger partial charge in [0.2, 0.25) is 11.8 Å². The molecule has 0 radical (unpaired) electrons. The molecule has 3 heterocycles. The number of aliphatic carboxylic acids is 1. The van der Waals surface area contributed by atoms with Gasteiger partial charge in [0.15, 0.2) is 12.5 Å². The fraction of sp³-hybridized carbons (Fsp3) is 0.382. The Morgan fingerprint density at radius 2 is 1.84 bits per heavy atom. The summed E-state index contributed by atoms with van der Waals surface area (Å²) >= 11 is 0. The third-order valence-corrected chi connectivity index (χ3v) is 8.47. The molecule has 2 aromatic carbocycles. The third-order valence-electron chi connectivity index (χ3n) is 8.47. The standard InChI is InChI=1S/C34H41N5O5/c1-4-6-15-25(5-2)27(26-16-11-8-12-17-26)21-37-22-29-38(28(33(37)43)18-19-31(41)42)30(40)23-36(3)39(29)34-32(44-34)35-20-24-13-9-7-10-14-24/h4-17,27-29,32,34-35H,1,18-23H2,2-3H3,(H,41,42)/b15-6-,25-5+/t27?,28-,29-,32?,34?/m0/s1. The highest BCUT2D eigenvalue weighted by molar-refractivity contribution is 5.90. The van der Waals surface area contributed by atoms with E-state index in [9.17, 15) is 19.5 Å². The number of epoxide rings is 1. The number of fused-ring (bicyclic) bond motifs is 1. The van der Waals surface area contributed by atoms with E-state index in [1.807, 2.05) is 103 Å². The molecule has 3 fully saturated rings. The van der Waals surface area contributed by atoms with Crippen LogP contribution in [0.4, 0.5) is 0 Å². The third kappa shape index (κ3) is 7.00. The number of carboxylic acids is 1. The van der Waals surface area contributed by atoms with E-state index < -0.39 is 18.2 Å². The van der Waals surface area contributed by atoms with E-state index >= 15 is 0 Å². The second kappa shape index (κ2) is 14.1. The van der Waals surface area contributed by atoms with Gasteiger partial charge in [-0.1, -0.05) is 91.5 Å². The van der Waals surface area contributed by atoms with E-state index in [0.717, 1.165) is 16.7 Å². The summed E-state index contributed by atoms with van der Waals surface area (Å²) in [5, 5.41) is 16.9. The molecule has 5 rings (SSSR count). The zero-order valence-electron chi connectivity index (χ0n) is 25.3. The lowest BCUT2D eigenvalue weighted by atomic mass is 9.89. The van der Waals surface area contributed by atoms with Crippen LogP contribution in [0.15, 0.2) is 97.1 Å². The first-order valence-electron chi connectivity index (χ1n) is 15.1. The Labute approximate surface area is 258 Å². The summed E-state index contributed by atoms with van der Waals surface area (Å²) < 4.78 is 6.09. The van der Waals surface area contributed by atoms with Crippen molar-refractivity contribution < 1.29 is 24.2 Å². The molecule has 3 unspecified atom stereocenters. The van der Waals surface area contributed by atoms with Crippen molar-refractivity contribution in [3.8, 4) is 0 Å². The molecule has 0 aliphatic carbocycles. The predicted octanol–water partition coefficient (Wildman–Crippen LogP) is 3.32. The first-order valence-corrected chi connectivity index (χ1v) is 15.1. The van der Waals surface area contributed by atoms with Gasteiger partial charge in [0.05, 0.1) is 13.1 Å². The van der Waals surface area contributed by atoms with Crippen molar-refractivity contribution in [3.05, 3.63) is 108 Å². The number of amides is 2. The Bertz CT molecular complexity index is 1400. The van der Waals surface area contributed by atoms with Gasteiger partial charge in [-0.2, -0.15) is 5.01 Å². The molecule has 3 aliphatic heterocycles. The summed E-state index contributed by atoms with van der Waals surface area (Å²) in [6.07, 6.45) is 6.33. The number of carboxylic acid groups (broad SMARTS) is 1. The summed E-state index contributed by atoms with van der Waals surface area (Å²) in [6, 6.07) is 19.2. The molecule has 0 spiro atoms. The number of hydrogen-bond donors (Lipinski definition) is 2. The van der Waals surface area contributed by atoms with Gasteiger partial charge in [0.1, 0.15) is 12.2 Å². The van der Waals surface area contributed by atoms with Crippen LogP contribution in [0.25, 0.3) is 0 Å². The SMILES string of the molecule is C=C/C=C\C(=C/C)C(CN1C[C@H]2N(C(=O)CN(C)N2C2OC2NCc2ccccc2)[C@@H](CCC(=O)O)C1=O)c1ccccc1. The van der Waals surface area contributed by atoms with Crippen LogP contribution in [0, 0.1) is 0 Å². The van der Waals surface area contributed by atoms with Crippen molar-refractivity contribution in [2.24, 2.45) is 0 Å². The summed E-state index contributed by atoms with van der Waals surface area (Å²) in [7, 11) is 1.85.